The van der Waals surface area contributed by atoms with E-state index in [2.05, 4.69) is 12.2 Å². The van der Waals surface area contributed by atoms with Crippen molar-refractivity contribution in [1.82, 2.24) is 10.2 Å². The Bertz CT molecular complexity index is 1090. The van der Waals surface area contributed by atoms with Gasteiger partial charge in [-0.2, -0.15) is 0 Å². The molecule has 8 nitrogen and oxygen atoms in total. The Labute approximate surface area is 195 Å². The number of piperidine rings is 1. The van der Waals surface area contributed by atoms with Gasteiger partial charge in [0.25, 0.3) is 15.9 Å². The van der Waals surface area contributed by atoms with Crippen LogP contribution in [0.2, 0.25) is 0 Å². The van der Waals surface area contributed by atoms with Crippen LogP contribution in [0.4, 0.5) is 5.69 Å². The molecule has 0 bridgehead atoms. The van der Waals surface area contributed by atoms with Gasteiger partial charge in [-0.3, -0.25) is 13.9 Å². The second kappa shape index (κ2) is 10.7. The fourth-order valence-electron chi connectivity index (χ4n) is 3.85. The number of rotatable bonds is 8. The predicted octanol–water partition coefficient (Wildman–Crippen LogP) is 2.90. The van der Waals surface area contributed by atoms with Crippen molar-refractivity contribution in [2.45, 2.75) is 31.1 Å². The van der Waals surface area contributed by atoms with Crippen molar-refractivity contribution in [2.75, 3.05) is 38.1 Å². The summed E-state index contributed by atoms with van der Waals surface area (Å²) in [5, 5.41) is 2.72. The molecule has 0 aromatic heterocycles. The van der Waals surface area contributed by atoms with Crippen LogP contribution in [-0.2, 0) is 14.8 Å². The van der Waals surface area contributed by atoms with Crippen LogP contribution in [-0.4, -0.2) is 58.9 Å². The van der Waals surface area contributed by atoms with Crippen molar-refractivity contribution in [3.63, 3.8) is 0 Å². The van der Waals surface area contributed by atoms with Gasteiger partial charge in [0.2, 0.25) is 5.91 Å². The molecule has 2 aromatic rings. The Hall–Kier alpha value is -3.07. The number of sulfonamides is 1. The lowest BCUT2D eigenvalue weighted by atomic mass is 10.00. The summed E-state index contributed by atoms with van der Waals surface area (Å²) in [7, 11) is -0.877. The van der Waals surface area contributed by atoms with Crippen molar-refractivity contribution in [1.29, 1.82) is 0 Å². The third kappa shape index (κ3) is 6.04. The van der Waals surface area contributed by atoms with Crippen LogP contribution < -0.4 is 14.4 Å². The van der Waals surface area contributed by atoms with E-state index in [1.54, 1.807) is 30.3 Å². The zero-order valence-electron chi connectivity index (χ0n) is 19.3. The second-order valence-electron chi connectivity index (χ2n) is 8.29. The van der Waals surface area contributed by atoms with Gasteiger partial charge in [0.1, 0.15) is 5.75 Å². The molecule has 1 aliphatic heterocycles. The number of benzene rings is 2. The number of methoxy groups -OCH3 is 1. The highest BCUT2D eigenvalue weighted by atomic mass is 32.2. The molecule has 0 spiro atoms. The molecule has 33 heavy (non-hydrogen) atoms. The van der Waals surface area contributed by atoms with Crippen LogP contribution in [0.25, 0.3) is 0 Å². The highest BCUT2D eigenvalue weighted by Gasteiger charge is 2.23. The SMILES string of the molecule is COc1ccc(N(C)S(=O)(=O)c2cccc(C(=O)NCCC(=O)N3CCCC(C)C3)c2)cc1. The van der Waals surface area contributed by atoms with Gasteiger partial charge in [-0.1, -0.05) is 13.0 Å². The van der Waals surface area contributed by atoms with Crippen molar-refractivity contribution in [3.05, 3.63) is 54.1 Å². The largest absolute Gasteiger partial charge is 0.497 e. The minimum Gasteiger partial charge on any atom is -0.497 e. The van der Waals surface area contributed by atoms with E-state index >= 15 is 0 Å². The average Bonchev–Trinajstić information content (AvgIpc) is 2.83. The van der Waals surface area contributed by atoms with Gasteiger partial charge in [-0.25, -0.2) is 8.42 Å². The van der Waals surface area contributed by atoms with Gasteiger partial charge in [0, 0.05) is 38.7 Å². The Morgan fingerprint density at radius 1 is 1.18 bits per heavy atom. The molecule has 1 atom stereocenters. The predicted molar refractivity (Wildman–Crippen MR) is 127 cm³/mol. The molecular weight excluding hydrogens is 442 g/mol. The number of carbonyl (C=O) groups excluding carboxylic acids is 2. The molecule has 0 radical (unpaired) electrons. The first kappa shape index (κ1) is 24.6. The quantitative estimate of drug-likeness (QED) is 0.636. The summed E-state index contributed by atoms with van der Waals surface area (Å²) in [5.74, 6) is 0.729. The summed E-state index contributed by atoms with van der Waals surface area (Å²) in [5.41, 5.74) is 0.689. The van der Waals surface area contributed by atoms with E-state index in [1.807, 2.05) is 4.90 Å². The number of ether oxygens (including phenoxy) is 1. The molecule has 1 aliphatic rings. The third-order valence-corrected chi connectivity index (χ3v) is 7.61. The maximum atomic E-state index is 13.1. The lowest BCUT2D eigenvalue weighted by Gasteiger charge is -2.31. The number of hydrogen-bond acceptors (Lipinski definition) is 5. The van der Waals surface area contributed by atoms with Gasteiger partial charge in [-0.05, 0) is 61.2 Å². The highest BCUT2D eigenvalue weighted by Crippen LogP contribution is 2.24. The summed E-state index contributed by atoms with van der Waals surface area (Å²) in [4.78, 5) is 26.8. The van der Waals surface area contributed by atoms with Crippen molar-refractivity contribution >= 4 is 27.5 Å². The van der Waals surface area contributed by atoms with Gasteiger partial charge >= 0.3 is 0 Å². The monoisotopic (exact) mass is 473 g/mol. The number of hydrogen-bond donors (Lipinski definition) is 1. The summed E-state index contributed by atoms with van der Waals surface area (Å²) >= 11 is 0. The number of amides is 2. The lowest BCUT2D eigenvalue weighted by molar-refractivity contribution is -0.132. The standard InChI is InChI=1S/C24H31N3O5S/c1-18-6-5-15-27(17-18)23(28)13-14-25-24(29)19-7-4-8-22(16-19)33(30,31)26(2)20-9-11-21(32-3)12-10-20/h4,7-12,16,18H,5-6,13-15,17H2,1-3H3,(H,25,29). The van der Waals surface area contributed by atoms with Gasteiger partial charge < -0.3 is 15.0 Å². The molecule has 1 fully saturated rings. The lowest BCUT2D eigenvalue weighted by Crippen LogP contribution is -2.40. The Kier molecular flexibility index (Phi) is 7.97. The number of anilines is 1. The van der Waals surface area contributed by atoms with Gasteiger partial charge in [0.15, 0.2) is 0 Å². The summed E-state index contributed by atoms with van der Waals surface area (Å²) in [6.45, 7) is 3.85. The number of carbonyl (C=O) groups is 2. The minimum atomic E-state index is -3.87. The molecule has 2 aromatic carbocycles. The molecule has 0 aliphatic carbocycles. The van der Waals surface area contributed by atoms with Crippen LogP contribution in [0.5, 0.6) is 5.75 Å². The van der Waals surface area contributed by atoms with Gasteiger partial charge in [-0.15, -0.1) is 0 Å². The second-order valence-corrected chi connectivity index (χ2v) is 10.3. The first-order valence-electron chi connectivity index (χ1n) is 11.0. The zero-order chi connectivity index (χ0) is 24.0. The summed E-state index contributed by atoms with van der Waals surface area (Å²) in [6.07, 6.45) is 2.36. The normalized spacial score (nSPS) is 16.2. The molecule has 9 heteroatoms. The maximum Gasteiger partial charge on any atom is 0.264 e. The van der Waals surface area contributed by atoms with E-state index in [0.29, 0.717) is 17.4 Å². The first-order chi connectivity index (χ1) is 15.7. The van der Waals surface area contributed by atoms with E-state index in [1.165, 1.54) is 32.4 Å². The minimum absolute atomic E-state index is 0.00634. The zero-order valence-corrected chi connectivity index (χ0v) is 20.1. The molecule has 0 saturated carbocycles. The fourth-order valence-corrected chi connectivity index (χ4v) is 5.09. The topological polar surface area (TPSA) is 96.0 Å². The smallest absolute Gasteiger partial charge is 0.264 e. The number of likely N-dealkylation sites (tertiary alicyclic amines) is 1. The molecule has 1 N–H and O–H groups in total. The van der Waals surface area contributed by atoms with E-state index in [0.717, 1.165) is 30.2 Å². The maximum absolute atomic E-state index is 13.1. The molecule has 1 saturated heterocycles. The molecule has 1 unspecified atom stereocenters. The van der Waals surface area contributed by atoms with Crippen LogP contribution >= 0.6 is 0 Å². The molecule has 178 valence electrons. The van der Waals surface area contributed by atoms with Crippen molar-refractivity contribution in [3.8, 4) is 5.75 Å². The highest BCUT2D eigenvalue weighted by molar-refractivity contribution is 7.92. The first-order valence-corrected chi connectivity index (χ1v) is 12.5. The van der Waals surface area contributed by atoms with E-state index < -0.39 is 15.9 Å². The van der Waals surface area contributed by atoms with Crippen molar-refractivity contribution in [2.24, 2.45) is 5.92 Å². The van der Waals surface area contributed by atoms with Gasteiger partial charge in [0.05, 0.1) is 17.7 Å². The summed E-state index contributed by atoms with van der Waals surface area (Å²) in [6, 6.07) is 12.5. The van der Waals surface area contributed by atoms with E-state index in [9.17, 15) is 18.0 Å². The third-order valence-electron chi connectivity index (χ3n) is 5.82. The van der Waals surface area contributed by atoms with E-state index in [-0.39, 0.29) is 29.3 Å². The van der Waals surface area contributed by atoms with Crippen molar-refractivity contribution < 1.29 is 22.7 Å². The Balaban J connectivity index is 1.62. The molecule has 3 rings (SSSR count). The Morgan fingerprint density at radius 3 is 2.58 bits per heavy atom. The molecule has 1 heterocycles. The van der Waals surface area contributed by atoms with Crippen LogP contribution in [0, 0.1) is 5.92 Å². The molecular formula is C24H31N3O5S. The van der Waals surface area contributed by atoms with Crippen LogP contribution in [0.3, 0.4) is 0 Å². The van der Waals surface area contributed by atoms with Crippen LogP contribution in [0.1, 0.15) is 36.5 Å². The summed E-state index contributed by atoms with van der Waals surface area (Å²) < 4.78 is 32.4. The average molecular weight is 474 g/mol. The Morgan fingerprint density at radius 2 is 1.91 bits per heavy atom. The molecule has 2 amide bonds. The number of nitrogens with zero attached hydrogens (tertiary/aromatic N) is 2. The fraction of sp³-hybridized carbons (Fsp3) is 0.417. The number of nitrogens with one attached hydrogen (secondary N) is 1. The van der Waals surface area contributed by atoms with E-state index in [4.69, 9.17) is 4.74 Å². The van der Waals surface area contributed by atoms with Crippen LogP contribution in [0.15, 0.2) is 53.4 Å².